The molecule has 12 heavy (non-hydrogen) atoms. The van der Waals surface area contributed by atoms with Crippen molar-refractivity contribution in [1.82, 2.24) is 0 Å². The molecule has 0 radical (unpaired) electrons. The van der Waals surface area contributed by atoms with Gasteiger partial charge in [0.05, 0.1) is 0 Å². The third-order valence-corrected chi connectivity index (χ3v) is 1.76. The van der Waals surface area contributed by atoms with Gasteiger partial charge in [-0.2, -0.15) is 6.07 Å². The summed E-state index contributed by atoms with van der Waals surface area (Å²) >= 11 is 0. The Morgan fingerprint density at radius 2 is 1.83 bits per heavy atom. The van der Waals surface area contributed by atoms with Crippen molar-refractivity contribution < 1.29 is 26.2 Å². The van der Waals surface area contributed by atoms with Crippen molar-refractivity contribution in [3.05, 3.63) is 49.4 Å². The minimum Gasteiger partial charge on any atom is -0.358 e. The predicted octanol–water partition coefficient (Wildman–Crippen LogP) is 3.31. The number of aryl methyl sites for hydroxylation is 1. The molecule has 0 aromatic heterocycles. The molecule has 0 heterocycles. The monoisotopic (exact) mass is 234 g/mol. The zero-order valence-electron chi connectivity index (χ0n) is 7.46. The average Bonchev–Trinajstić information content (AvgIpc) is 2.27. The van der Waals surface area contributed by atoms with Crippen molar-refractivity contribution >= 4 is 10.8 Å². The number of hydrogen-bond acceptors (Lipinski definition) is 0. The zero-order valence-corrected chi connectivity index (χ0v) is 9.92. The minimum atomic E-state index is 0. The summed E-state index contributed by atoms with van der Waals surface area (Å²) in [5.74, 6) is 0. The van der Waals surface area contributed by atoms with E-state index in [0.29, 0.717) is 0 Å². The normalized spacial score (nSPS) is 8.75. The van der Waals surface area contributed by atoms with Crippen molar-refractivity contribution in [3.63, 3.8) is 0 Å². The second-order valence-corrected chi connectivity index (χ2v) is 2.66. The first-order valence-corrected chi connectivity index (χ1v) is 3.48. The molecule has 0 nitrogen and oxygen atoms in total. The molecule has 0 amide bonds. The maximum absolute atomic E-state index is 2.20. The smallest absolute Gasteiger partial charge is 0.358 e. The molecule has 0 aliphatic heterocycles. The first kappa shape index (κ1) is 11.7. The summed E-state index contributed by atoms with van der Waals surface area (Å²) in [6.07, 6.45) is 0. The van der Waals surface area contributed by atoms with Crippen molar-refractivity contribution in [3.8, 4) is 0 Å². The van der Waals surface area contributed by atoms with Crippen LogP contribution in [0.1, 0.15) is 5.56 Å². The van der Waals surface area contributed by atoms with Crippen LogP contribution in [0.5, 0.6) is 0 Å². The van der Waals surface area contributed by atoms with Gasteiger partial charge in [-0.15, -0.1) is 40.6 Å². The van der Waals surface area contributed by atoms with E-state index in [-0.39, 0.29) is 33.6 Å². The molecule has 2 rings (SSSR count). The molecule has 0 saturated carbocycles. The van der Waals surface area contributed by atoms with Crippen LogP contribution in [0.25, 0.3) is 10.8 Å². The molecule has 0 N–H and O–H groups in total. The Bertz CT molecular complexity index is 314. The van der Waals surface area contributed by atoms with Crippen molar-refractivity contribution in [1.29, 1.82) is 0 Å². The first-order chi connectivity index (χ1) is 4.86. The van der Waals surface area contributed by atoms with Crippen molar-refractivity contribution in [2.45, 2.75) is 6.92 Å². The van der Waals surface area contributed by atoms with Gasteiger partial charge in [-0.25, -0.2) is 0 Å². The van der Waals surface area contributed by atoms with Gasteiger partial charge in [0.2, 0.25) is 0 Å². The largest absolute Gasteiger partial charge is 2.00 e. The van der Waals surface area contributed by atoms with Crippen LogP contribution in [0.4, 0.5) is 0 Å². The van der Waals surface area contributed by atoms with Crippen LogP contribution in [0.15, 0.2) is 36.4 Å². The van der Waals surface area contributed by atoms with Gasteiger partial charge in [-0.3, -0.25) is 0 Å². The molecule has 1 heteroatoms. The molecule has 60 valence electrons. The molecular weight excluding hydrogens is 223 g/mol. The van der Waals surface area contributed by atoms with Crippen LogP contribution in [-0.2, 0) is 26.2 Å². The average molecular weight is 235 g/mol. The summed E-state index contributed by atoms with van der Waals surface area (Å²) in [4.78, 5) is 0. The Morgan fingerprint density at radius 3 is 2.50 bits per heavy atom. The topological polar surface area (TPSA) is 0 Å². The zero-order chi connectivity index (χ0) is 6.97. The summed E-state index contributed by atoms with van der Waals surface area (Å²) in [6.45, 7) is 2.12. The second-order valence-electron chi connectivity index (χ2n) is 2.66. The van der Waals surface area contributed by atoms with Crippen molar-refractivity contribution in [2.75, 3.05) is 0 Å². The molecule has 0 bridgehead atoms. The maximum atomic E-state index is 2.20. The Kier molecular flexibility index (Phi) is 4.56. The van der Waals surface area contributed by atoms with Gasteiger partial charge in [0.1, 0.15) is 0 Å². The van der Waals surface area contributed by atoms with E-state index in [0.717, 1.165) is 0 Å². The standard InChI is InChI=1S/C10H9.CH3.Zr/c1-8-6-9-4-2-3-5-10(9)7-8;;/h2-7H,1H3;1H3;/q2*-1;+2. The van der Waals surface area contributed by atoms with Gasteiger partial charge >= 0.3 is 26.2 Å². The number of rotatable bonds is 0. The Morgan fingerprint density at radius 1 is 1.17 bits per heavy atom. The van der Waals surface area contributed by atoms with Crippen LogP contribution in [0.3, 0.4) is 0 Å². The minimum absolute atomic E-state index is 0. The fourth-order valence-corrected chi connectivity index (χ4v) is 1.31. The van der Waals surface area contributed by atoms with E-state index in [1.165, 1.54) is 16.3 Å². The Balaban J connectivity index is 0.000000605. The molecule has 0 spiro atoms. The van der Waals surface area contributed by atoms with Gasteiger partial charge in [0.25, 0.3) is 0 Å². The molecule has 0 unspecified atom stereocenters. The second kappa shape index (κ2) is 4.67. The summed E-state index contributed by atoms with van der Waals surface area (Å²) in [5.41, 5.74) is 1.35. The van der Waals surface area contributed by atoms with Gasteiger partial charge < -0.3 is 7.43 Å². The molecule has 2 aromatic carbocycles. The molecule has 0 saturated heterocycles. The van der Waals surface area contributed by atoms with E-state index in [1.54, 1.807) is 0 Å². The van der Waals surface area contributed by atoms with Gasteiger partial charge in [0.15, 0.2) is 0 Å². The van der Waals surface area contributed by atoms with Gasteiger partial charge in [0, 0.05) is 0 Å². The maximum Gasteiger partial charge on any atom is 2.00 e. The fraction of sp³-hybridized carbons (Fsp3) is 0.0909. The Hall–Kier alpha value is -0.287. The van der Waals surface area contributed by atoms with E-state index in [9.17, 15) is 0 Å². The molecule has 0 aliphatic rings. The van der Waals surface area contributed by atoms with Gasteiger partial charge in [-0.05, 0) is 0 Å². The summed E-state index contributed by atoms with van der Waals surface area (Å²) in [6, 6.07) is 12.8. The van der Waals surface area contributed by atoms with E-state index in [1.807, 2.05) is 0 Å². The van der Waals surface area contributed by atoms with Crippen LogP contribution < -0.4 is 0 Å². The molecule has 0 fully saturated rings. The number of hydrogen-bond donors (Lipinski definition) is 0. The Labute approximate surface area is 93.1 Å². The summed E-state index contributed by atoms with van der Waals surface area (Å²) in [5, 5.41) is 2.69. The number of fused-ring (bicyclic) bond motifs is 1. The molecule has 2 aromatic rings. The molecule has 0 atom stereocenters. The van der Waals surface area contributed by atoms with E-state index in [4.69, 9.17) is 0 Å². The fourth-order valence-electron chi connectivity index (χ4n) is 1.31. The van der Waals surface area contributed by atoms with E-state index >= 15 is 0 Å². The van der Waals surface area contributed by atoms with Crippen LogP contribution in [-0.4, -0.2) is 0 Å². The molecular formula is C11H12Zr. The summed E-state index contributed by atoms with van der Waals surface area (Å²) in [7, 11) is 0. The number of benzene rings is 1. The predicted molar refractivity (Wildman–Crippen MR) is 50.7 cm³/mol. The van der Waals surface area contributed by atoms with Gasteiger partial charge in [-0.1, -0.05) is 13.0 Å². The molecule has 0 aliphatic carbocycles. The summed E-state index contributed by atoms with van der Waals surface area (Å²) < 4.78 is 0. The van der Waals surface area contributed by atoms with Crippen LogP contribution >= 0.6 is 0 Å². The van der Waals surface area contributed by atoms with Crippen LogP contribution in [0.2, 0.25) is 0 Å². The van der Waals surface area contributed by atoms with Crippen LogP contribution in [0, 0.1) is 14.4 Å². The van der Waals surface area contributed by atoms with E-state index in [2.05, 4.69) is 43.3 Å². The van der Waals surface area contributed by atoms with E-state index < -0.39 is 0 Å². The van der Waals surface area contributed by atoms with Crippen molar-refractivity contribution in [2.24, 2.45) is 0 Å². The SMILES string of the molecule is Cc1cc2ccccc2[cH-]1.[CH3-].[Zr+2]. The third kappa shape index (κ3) is 2.11. The third-order valence-electron chi connectivity index (χ3n) is 1.76. The first-order valence-electron chi connectivity index (χ1n) is 3.48. The quantitative estimate of drug-likeness (QED) is 0.615.